The van der Waals surface area contributed by atoms with Gasteiger partial charge in [-0.15, -0.1) is 0 Å². The zero-order chi connectivity index (χ0) is 15.7. The number of aromatic hydroxyl groups is 1. The van der Waals surface area contributed by atoms with E-state index < -0.39 is 11.2 Å². The number of nitrogens with zero attached hydrogens (tertiary/aromatic N) is 1. The van der Waals surface area contributed by atoms with Gasteiger partial charge < -0.3 is 5.11 Å². The molecule has 6 heteroatoms. The van der Waals surface area contributed by atoms with Crippen molar-refractivity contribution in [2.24, 2.45) is 5.92 Å². The SMILES string of the molecule is CC(C)C(C)n1c(O)c(-c2cccc(Cl)c2)c(=O)[nH]c1=O. The van der Waals surface area contributed by atoms with Crippen molar-refractivity contribution in [2.75, 3.05) is 0 Å². The van der Waals surface area contributed by atoms with Gasteiger partial charge in [0, 0.05) is 11.1 Å². The summed E-state index contributed by atoms with van der Waals surface area (Å²) in [7, 11) is 0. The molecule has 0 aliphatic heterocycles. The summed E-state index contributed by atoms with van der Waals surface area (Å²) in [4.78, 5) is 26.3. The smallest absolute Gasteiger partial charge is 0.331 e. The van der Waals surface area contributed by atoms with Crippen molar-refractivity contribution < 1.29 is 5.11 Å². The number of hydrogen-bond donors (Lipinski definition) is 2. The summed E-state index contributed by atoms with van der Waals surface area (Å²) >= 11 is 5.92. The van der Waals surface area contributed by atoms with Crippen LogP contribution in [0.4, 0.5) is 0 Å². The maximum Gasteiger partial charge on any atom is 0.331 e. The zero-order valence-electron chi connectivity index (χ0n) is 12.1. The number of aromatic nitrogens is 2. The van der Waals surface area contributed by atoms with Crippen LogP contribution in [0.2, 0.25) is 5.02 Å². The van der Waals surface area contributed by atoms with Gasteiger partial charge in [-0.1, -0.05) is 37.6 Å². The van der Waals surface area contributed by atoms with Crippen LogP contribution in [0, 0.1) is 5.92 Å². The quantitative estimate of drug-likeness (QED) is 0.915. The minimum absolute atomic E-state index is 0.0459. The third-order valence-electron chi connectivity index (χ3n) is 3.60. The molecule has 1 aromatic heterocycles. The molecular weight excluding hydrogens is 292 g/mol. The Morgan fingerprint density at radius 1 is 1.24 bits per heavy atom. The molecule has 1 aromatic carbocycles. The molecule has 0 radical (unpaired) electrons. The van der Waals surface area contributed by atoms with Crippen molar-refractivity contribution in [3.63, 3.8) is 0 Å². The summed E-state index contributed by atoms with van der Waals surface area (Å²) in [5, 5.41) is 10.9. The molecule has 2 aromatic rings. The van der Waals surface area contributed by atoms with E-state index in [2.05, 4.69) is 4.98 Å². The largest absolute Gasteiger partial charge is 0.494 e. The lowest BCUT2D eigenvalue weighted by Crippen LogP contribution is -2.34. The molecular formula is C15H17ClN2O3. The number of benzene rings is 1. The lowest BCUT2D eigenvalue weighted by molar-refractivity contribution is 0.326. The van der Waals surface area contributed by atoms with E-state index in [0.717, 1.165) is 0 Å². The monoisotopic (exact) mass is 308 g/mol. The van der Waals surface area contributed by atoms with Crippen LogP contribution in [0.5, 0.6) is 5.88 Å². The van der Waals surface area contributed by atoms with E-state index in [1.54, 1.807) is 24.3 Å². The first kappa shape index (κ1) is 15.4. The predicted molar refractivity (Wildman–Crippen MR) is 83.0 cm³/mol. The molecule has 2 rings (SSSR count). The Hall–Kier alpha value is -2.01. The molecule has 0 spiro atoms. The minimum atomic E-state index is -0.632. The standard InChI is InChI=1S/C15H17ClN2O3/c1-8(2)9(3)18-14(20)12(13(19)17-15(18)21)10-5-4-6-11(16)7-10/h4-9,20H,1-3H3,(H,17,19,21). The maximum absolute atomic E-state index is 12.0. The van der Waals surface area contributed by atoms with Gasteiger partial charge in [0.2, 0.25) is 5.88 Å². The molecule has 0 bridgehead atoms. The Kier molecular flexibility index (Phi) is 4.23. The molecule has 0 fully saturated rings. The predicted octanol–water partition coefficient (Wildman–Crippen LogP) is 2.78. The molecule has 21 heavy (non-hydrogen) atoms. The third kappa shape index (κ3) is 2.88. The highest BCUT2D eigenvalue weighted by molar-refractivity contribution is 6.30. The number of hydrogen-bond acceptors (Lipinski definition) is 3. The first-order chi connectivity index (χ1) is 9.82. The topological polar surface area (TPSA) is 75.1 Å². The Morgan fingerprint density at radius 2 is 1.90 bits per heavy atom. The summed E-state index contributed by atoms with van der Waals surface area (Å²) in [6, 6.07) is 6.32. The van der Waals surface area contributed by atoms with Crippen molar-refractivity contribution in [3.05, 3.63) is 50.1 Å². The van der Waals surface area contributed by atoms with E-state index in [4.69, 9.17) is 11.6 Å². The second-order valence-corrected chi connectivity index (χ2v) is 5.76. The average Bonchev–Trinajstić information content (AvgIpc) is 2.37. The molecule has 1 unspecified atom stereocenters. The Bertz CT molecular complexity index is 777. The van der Waals surface area contributed by atoms with Crippen molar-refractivity contribution in [3.8, 4) is 17.0 Å². The van der Waals surface area contributed by atoms with E-state index in [1.807, 2.05) is 20.8 Å². The highest BCUT2D eigenvalue weighted by Crippen LogP contribution is 2.29. The van der Waals surface area contributed by atoms with E-state index >= 15 is 0 Å². The summed E-state index contributed by atoms with van der Waals surface area (Å²) in [5.74, 6) is -0.223. The lowest BCUT2D eigenvalue weighted by Gasteiger charge is -2.21. The van der Waals surface area contributed by atoms with Gasteiger partial charge >= 0.3 is 5.69 Å². The van der Waals surface area contributed by atoms with Crippen molar-refractivity contribution in [2.45, 2.75) is 26.8 Å². The number of aromatic amines is 1. The van der Waals surface area contributed by atoms with Gasteiger partial charge in [-0.05, 0) is 30.5 Å². The fourth-order valence-corrected chi connectivity index (χ4v) is 2.31. The van der Waals surface area contributed by atoms with Crippen LogP contribution in [0.3, 0.4) is 0 Å². The molecule has 0 saturated heterocycles. The molecule has 112 valence electrons. The maximum atomic E-state index is 12.0. The first-order valence-corrected chi connectivity index (χ1v) is 7.04. The summed E-state index contributed by atoms with van der Waals surface area (Å²) < 4.78 is 1.20. The lowest BCUT2D eigenvalue weighted by atomic mass is 10.0. The van der Waals surface area contributed by atoms with Crippen LogP contribution < -0.4 is 11.2 Å². The van der Waals surface area contributed by atoms with Gasteiger partial charge in [0.05, 0.1) is 0 Å². The van der Waals surface area contributed by atoms with E-state index in [0.29, 0.717) is 10.6 Å². The second-order valence-electron chi connectivity index (χ2n) is 5.32. The first-order valence-electron chi connectivity index (χ1n) is 6.66. The van der Waals surface area contributed by atoms with Gasteiger partial charge in [-0.2, -0.15) is 0 Å². The van der Waals surface area contributed by atoms with Crippen LogP contribution in [-0.2, 0) is 0 Å². The van der Waals surface area contributed by atoms with E-state index in [9.17, 15) is 14.7 Å². The summed E-state index contributed by atoms with van der Waals surface area (Å²) in [5.41, 5.74) is -0.744. The molecule has 2 N–H and O–H groups in total. The fraction of sp³-hybridized carbons (Fsp3) is 0.333. The molecule has 0 aliphatic carbocycles. The summed E-state index contributed by atoms with van der Waals surface area (Å²) in [6.45, 7) is 5.67. The van der Waals surface area contributed by atoms with E-state index in [1.165, 1.54) is 4.57 Å². The molecule has 1 heterocycles. The highest BCUT2D eigenvalue weighted by atomic mass is 35.5. The normalized spacial score (nSPS) is 12.6. The number of H-pyrrole nitrogens is 1. The Morgan fingerprint density at radius 3 is 2.48 bits per heavy atom. The molecule has 0 aliphatic rings. The van der Waals surface area contributed by atoms with Crippen LogP contribution in [0.15, 0.2) is 33.9 Å². The Labute approximate surface area is 126 Å². The van der Waals surface area contributed by atoms with Gasteiger partial charge in [-0.25, -0.2) is 4.79 Å². The van der Waals surface area contributed by atoms with Crippen molar-refractivity contribution >= 4 is 11.6 Å². The number of nitrogens with one attached hydrogen (secondary N) is 1. The summed E-state index contributed by atoms with van der Waals surface area (Å²) in [6.07, 6.45) is 0. The molecule has 5 nitrogen and oxygen atoms in total. The number of rotatable bonds is 3. The van der Waals surface area contributed by atoms with Gasteiger partial charge in [0.15, 0.2) is 0 Å². The fourth-order valence-electron chi connectivity index (χ4n) is 2.12. The number of halogens is 1. The molecule has 0 amide bonds. The van der Waals surface area contributed by atoms with Crippen LogP contribution in [-0.4, -0.2) is 14.7 Å². The van der Waals surface area contributed by atoms with Crippen molar-refractivity contribution in [1.29, 1.82) is 0 Å². The minimum Gasteiger partial charge on any atom is -0.494 e. The molecule has 0 saturated carbocycles. The molecule has 1 atom stereocenters. The van der Waals surface area contributed by atoms with Crippen LogP contribution >= 0.6 is 11.6 Å². The average molecular weight is 309 g/mol. The Balaban J connectivity index is 2.77. The zero-order valence-corrected chi connectivity index (χ0v) is 12.8. The third-order valence-corrected chi connectivity index (χ3v) is 3.84. The van der Waals surface area contributed by atoms with Gasteiger partial charge in [-0.3, -0.25) is 14.3 Å². The van der Waals surface area contributed by atoms with Crippen molar-refractivity contribution in [1.82, 2.24) is 9.55 Å². The van der Waals surface area contributed by atoms with Crippen LogP contribution in [0.1, 0.15) is 26.8 Å². The van der Waals surface area contributed by atoms with E-state index in [-0.39, 0.29) is 23.4 Å². The second kappa shape index (κ2) is 5.77. The van der Waals surface area contributed by atoms with Gasteiger partial charge in [0.1, 0.15) is 5.56 Å². The van der Waals surface area contributed by atoms with Gasteiger partial charge in [0.25, 0.3) is 5.56 Å². The highest BCUT2D eigenvalue weighted by Gasteiger charge is 2.21. The van der Waals surface area contributed by atoms with Crippen LogP contribution in [0.25, 0.3) is 11.1 Å².